The van der Waals surface area contributed by atoms with Gasteiger partial charge in [0.05, 0.1) is 13.3 Å². The standard InChI is InChI=1S/C8H9NO3S/c10-8(6-4-11-5-9-6)12-7-2-1-3-13-7/h1-3,6,9H,4-5H2. The van der Waals surface area contributed by atoms with Crippen LogP contribution in [0.2, 0.25) is 0 Å². The van der Waals surface area contributed by atoms with Gasteiger partial charge in [0.25, 0.3) is 0 Å². The zero-order chi connectivity index (χ0) is 9.10. The number of thiophene rings is 1. The molecule has 1 aromatic heterocycles. The van der Waals surface area contributed by atoms with Crippen LogP contribution in [-0.2, 0) is 9.53 Å². The molecule has 0 bridgehead atoms. The van der Waals surface area contributed by atoms with Crippen LogP contribution in [0.15, 0.2) is 17.5 Å². The predicted molar refractivity (Wildman–Crippen MR) is 47.7 cm³/mol. The molecule has 0 amide bonds. The molecule has 1 unspecified atom stereocenters. The Morgan fingerprint density at radius 2 is 2.69 bits per heavy atom. The highest BCUT2D eigenvalue weighted by molar-refractivity contribution is 7.11. The van der Waals surface area contributed by atoms with Crippen molar-refractivity contribution in [3.05, 3.63) is 17.5 Å². The van der Waals surface area contributed by atoms with Gasteiger partial charge in [0.2, 0.25) is 0 Å². The van der Waals surface area contributed by atoms with Gasteiger partial charge in [0, 0.05) is 0 Å². The molecule has 1 aliphatic heterocycles. The normalized spacial score (nSPS) is 21.7. The van der Waals surface area contributed by atoms with E-state index in [4.69, 9.17) is 9.47 Å². The minimum Gasteiger partial charge on any atom is -0.414 e. The van der Waals surface area contributed by atoms with E-state index in [0.717, 1.165) is 0 Å². The summed E-state index contributed by atoms with van der Waals surface area (Å²) >= 11 is 1.40. The Morgan fingerprint density at radius 1 is 1.77 bits per heavy atom. The van der Waals surface area contributed by atoms with Gasteiger partial charge >= 0.3 is 5.97 Å². The second kappa shape index (κ2) is 3.87. The van der Waals surface area contributed by atoms with Gasteiger partial charge in [0.1, 0.15) is 6.04 Å². The van der Waals surface area contributed by atoms with Crippen molar-refractivity contribution >= 4 is 17.3 Å². The Labute approximate surface area is 79.5 Å². The fraction of sp³-hybridized carbons (Fsp3) is 0.375. The van der Waals surface area contributed by atoms with E-state index in [1.54, 1.807) is 6.07 Å². The largest absolute Gasteiger partial charge is 0.414 e. The summed E-state index contributed by atoms with van der Waals surface area (Å²) in [5.41, 5.74) is 0. The van der Waals surface area contributed by atoms with Crippen LogP contribution >= 0.6 is 11.3 Å². The zero-order valence-electron chi connectivity index (χ0n) is 6.86. The highest BCUT2D eigenvalue weighted by Crippen LogP contribution is 2.18. The highest BCUT2D eigenvalue weighted by atomic mass is 32.1. The monoisotopic (exact) mass is 199 g/mol. The van der Waals surface area contributed by atoms with Crippen molar-refractivity contribution in [2.45, 2.75) is 6.04 Å². The molecule has 4 nitrogen and oxygen atoms in total. The summed E-state index contributed by atoms with van der Waals surface area (Å²) in [5, 5.41) is 5.36. The van der Waals surface area contributed by atoms with Crippen molar-refractivity contribution in [3.63, 3.8) is 0 Å². The van der Waals surface area contributed by atoms with Crippen molar-refractivity contribution < 1.29 is 14.3 Å². The lowest BCUT2D eigenvalue weighted by Crippen LogP contribution is -2.36. The Morgan fingerprint density at radius 3 is 3.31 bits per heavy atom. The first-order valence-electron chi connectivity index (χ1n) is 3.92. The Bertz CT molecular complexity index is 280. The third-order valence-electron chi connectivity index (χ3n) is 1.70. The molecule has 0 aliphatic carbocycles. The maximum Gasteiger partial charge on any atom is 0.331 e. The second-order valence-electron chi connectivity index (χ2n) is 2.63. The summed E-state index contributed by atoms with van der Waals surface area (Å²) in [6.07, 6.45) is 0. The summed E-state index contributed by atoms with van der Waals surface area (Å²) in [4.78, 5) is 11.4. The van der Waals surface area contributed by atoms with Crippen LogP contribution in [0.3, 0.4) is 0 Å². The molecule has 1 saturated heterocycles. The third-order valence-corrected chi connectivity index (χ3v) is 2.44. The van der Waals surface area contributed by atoms with Crippen LogP contribution in [0.25, 0.3) is 0 Å². The number of carbonyl (C=O) groups is 1. The summed E-state index contributed by atoms with van der Waals surface area (Å²) < 4.78 is 10.1. The molecule has 2 heterocycles. The van der Waals surface area contributed by atoms with Gasteiger partial charge in [-0.2, -0.15) is 0 Å². The Kier molecular flexibility index (Phi) is 2.58. The lowest BCUT2D eigenvalue weighted by Gasteiger charge is -2.05. The fourth-order valence-electron chi connectivity index (χ4n) is 1.04. The number of carbonyl (C=O) groups excluding carboxylic acids is 1. The van der Waals surface area contributed by atoms with Crippen molar-refractivity contribution in [2.24, 2.45) is 0 Å². The quantitative estimate of drug-likeness (QED) is 0.708. The van der Waals surface area contributed by atoms with Crippen molar-refractivity contribution in [2.75, 3.05) is 13.3 Å². The molecule has 1 N–H and O–H groups in total. The molecule has 70 valence electrons. The number of nitrogens with one attached hydrogen (secondary N) is 1. The number of ether oxygens (including phenoxy) is 2. The predicted octanol–water partition coefficient (Wildman–Crippen LogP) is 0.599. The summed E-state index contributed by atoms with van der Waals surface area (Å²) in [6, 6.07) is 3.28. The van der Waals surface area contributed by atoms with E-state index < -0.39 is 0 Å². The molecule has 1 fully saturated rings. The van der Waals surface area contributed by atoms with E-state index in [-0.39, 0.29) is 12.0 Å². The fourth-order valence-corrected chi connectivity index (χ4v) is 1.62. The number of hydrogen-bond acceptors (Lipinski definition) is 5. The SMILES string of the molecule is O=C(Oc1cccs1)C1COCN1. The molecular formula is C8H9NO3S. The molecule has 1 atom stereocenters. The van der Waals surface area contributed by atoms with Crippen LogP contribution in [0, 0.1) is 0 Å². The molecule has 2 rings (SSSR count). The first-order valence-corrected chi connectivity index (χ1v) is 4.80. The zero-order valence-corrected chi connectivity index (χ0v) is 7.67. The summed E-state index contributed by atoms with van der Waals surface area (Å²) in [5.74, 6) is -0.278. The second-order valence-corrected chi connectivity index (χ2v) is 3.54. The van der Waals surface area contributed by atoms with Crippen LogP contribution in [0.5, 0.6) is 5.06 Å². The molecule has 0 radical (unpaired) electrons. The molecule has 0 saturated carbocycles. The minimum absolute atomic E-state index is 0.278. The summed E-state index contributed by atoms with van der Waals surface area (Å²) in [6.45, 7) is 0.814. The Hall–Kier alpha value is -0.910. The lowest BCUT2D eigenvalue weighted by atomic mass is 10.3. The molecule has 1 aliphatic rings. The van der Waals surface area contributed by atoms with E-state index in [9.17, 15) is 4.79 Å². The van der Waals surface area contributed by atoms with E-state index in [2.05, 4.69) is 5.32 Å². The van der Waals surface area contributed by atoms with Gasteiger partial charge in [-0.1, -0.05) is 0 Å². The van der Waals surface area contributed by atoms with Gasteiger partial charge in [-0.25, -0.2) is 4.79 Å². The van der Waals surface area contributed by atoms with Crippen molar-refractivity contribution in [1.82, 2.24) is 5.32 Å². The first-order chi connectivity index (χ1) is 6.36. The molecule has 1 aromatic rings. The van der Waals surface area contributed by atoms with Gasteiger partial charge in [-0.3, -0.25) is 5.32 Å². The molecular weight excluding hydrogens is 190 g/mol. The maximum atomic E-state index is 11.4. The van der Waals surface area contributed by atoms with E-state index in [0.29, 0.717) is 18.4 Å². The molecule has 5 heteroatoms. The minimum atomic E-state index is -0.318. The van der Waals surface area contributed by atoms with Gasteiger partial charge in [-0.15, -0.1) is 11.3 Å². The number of rotatable bonds is 2. The van der Waals surface area contributed by atoms with Crippen molar-refractivity contribution in [1.29, 1.82) is 0 Å². The van der Waals surface area contributed by atoms with Crippen LogP contribution in [-0.4, -0.2) is 25.3 Å². The van der Waals surface area contributed by atoms with E-state index in [1.165, 1.54) is 11.3 Å². The topological polar surface area (TPSA) is 47.6 Å². The smallest absolute Gasteiger partial charge is 0.331 e. The van der Waals surface area contributed by atoms with Crippen LogP contribution < -0.4 is 10.1 Å². The van der Waals surface area contributed by atoms with Gasteiger partial charge in [0.15, 0.2) is 5.06 Å². The van der Waals surface area contributed by atoms with E-state index >= 15 is 0 Å². The molecule has 0 spiro atoms. The van der Waals surface area contributed by atoms with Crippen molar-refractivity contribution in [3.8, 4) is 5.06 Å². The van der Waals surface area contributed by atoms with Crippen LogP contribution in [0.1, 0.15) is 0 Å². The first kappa shape index (κ1) is 8.68. The number of hydrogen-bond donors (Lipinski definition) is 1. The van der Waals surface area contributed by atoms with Crippen LogP contribution in [0.4, 0.5) is 0 Å². The average Bonchev–Trinajstić information content (AvgIpc) is 2.74. The van der Waals surface area contributed by atoms with Gasteiger partial charge in [-0.05, 0) is 17.5 Å². The average molecular weight is 199 g/mol. The molecule has 0 aromatic carbocycles. The number of esters is 1. The van der Waals surface area contributed by atoms with E-state index in [1.807, 2.05) is 11.4 Å². The van der Waals surface area contributed by atoms with Gasteiger partial charge < -0.3 is 9.47 Å². The highest BCUT2D eigenvalue weighted by Gasteiger charge is 2.24. The maximum absolute atomic E-state index is 11.4. The summed E-state index contributed by atoms with van der Waals surface area (Å²) in [7, 11) is 0. The third kappa shape index (κ3) is 2.06. The lowest BCUT2D eigenvalue weighted by molar-refractivity contribution is -0.136. The molecule has 13 heavy (non-hydrogen) atoms. The Balaban J connectivity index is 1.91.